The molecule has 1 aromatic carbocycles. The van der Waals surface area contributed by atoms with Gasteiger partial charge in [0.25, 0.3) is 0 Å². The molecule has 4 nitrogen and oxygen atoms in total. The predicted molar refractivity (Wildman–Crippen MR) is 105 cm³/mol. The molecule has 0 fully saturated rings. The maximum atomic E-state index is 13.2. The predicted octanol–water partition coefficient (Wildman–Crippen LogP) is 5.05. The first-order chi connectivity index (χ1) is 12.1. The normalized spacial score (nSPS) is 16.0. The number of nitrogens with zero attached hydrogens (tertiary/aromatic N) is 1. The van der Waals surface area contributed by atoms with Gasteiger partial charge in [0, 0.05) is 22.5 Å². The number of carbonyl (C=O) groups is 1. The minimum Gasteiger partial charge on any atom is -0.335 e. The average molecular weight is 378 g/mol. The summed E-state index contributed by atoms with van der Waals surface area (Å²) >= 11 is 3.24. The number of amidine groups is 1. The fourth-order valence-electron chi connectivity index (χ4n) is 2.51. The van der Waals surface area contributed by atoms with Crippen molar-refractivity contribution < 1.29 is 9.18 Å². The standard InChI is InChI=1S/C18H20FN3OS2/c1-3-13-9-14-17(21-15(4-2)22-18(14)25-13)24-10-16(23)20-12-7-5-6-11(19)8-12/h5-9,17H,3-4,10H2,1-2H3,(H,20,23)(H,21,22). The highest BCUT2D eigenvalue weighted by Gasteiger charge is 2.24. The lowest BCUT2D eigenvalue weighted by Gasteiger charge is -2.21. The van der Waals surface area contributed by atoms with E-state index in [1.165, 1.54) is 28.8 Å². The molecule has 1 atom stereocenters. The van der Waals surface area contributed by atoms with E-state index in [0.717, 1.165) is 29.2 Å². The number of thioether (sulfide) groups is 1. The Morgan fingerprint density at radius 2 is 2.20 bits per heavy atom. The highest BCUT2D eigenvalue weighted by atomic mass is 32.2. The number of nitrogens with one attached hydrogen (secondary N) is 2. The van der Waals surface area contributed by atoms with Crippen LogP contribution in [0.3, 0.4) is 0 Å². The van der Waals surface area contributed by atoms with Gasteiger partial charge in [0.15, 0.2) is 0 Å². The number of anilines is 2. The van der Waals surface area contributed by atoms with E-state index in [4.69, 9.17) is 4.99 Å². The van der Waals surface area contributed by atoms with Gasteiger partial charge in [0.1, 0.15) is 22.0 Å². The summed E-state index contributed by atoms with van der Waals surface area (Å²) in [4.78, 5) is 18.2. The summed E-state index contributed by atoms with van der Waals surface area (Å²) < 4.78 is 13.2. The Balaban J connectivity index is 1.66. The van der Waals surface area contributed by atoms with Crippen molar-refractivity contribution >= 4 is 45.5 Å². The molecule has 0 radical (unpaired) electrons. The van der Waals surface area contributed by atoms with Crippen LogP contribution in [0.4, 0.5) is 15.1 Å². The Hall–Kier alpha value is -1.86. The van der Waals surface area contributed by atoms with Gasteiger partial charge in [-0.15, -0.1) is 23.1 Å². The molecule has 2 aromatic rings. The topological polar surface area (TPSA) is 53.5 Å². The largest absolute Gasteiger partial charge is 0.335 e. The Bertz CT molecular complexity index is 803. The van der Waals surface area contributed by atoms with E-state index >= 15 is 0 Å². The molecule has 1 amide bonds. The van der Waals surface area contributed by atoms with Gasteiger partial charge < -0.3 is 10.6 Å². The van der Waals surface area contributed by atoms with Crippen molar-refractivity contribution in [3.8, 4) is 0 Å². The fourth-order valence-corrected chi connectivity index (χ4v) is 4.59. The lowest BCUT2D eigenvalue weighted by molar-refractivity contribution is -0.113. The van der Waals surface area contributed by atoms with Crippen LogP contribution in [0.25, 0.3) is 0 Å². The number of aryl methyl sites for hydroxylation is 1. The summed E-state index contributed by atoms with van der Waals surface area (Å²) in [6.45, 7) is 4.19. The van der Waals surface area contributed by atoms with Crippen LogP contribution in [0.15, 0.2) is 35.3 Å². The Morgan fingerprint density at radius 3 is 2.92 bits per heavy atom. The van der Waals surface area contributed by atoms with Crippen LogP contribution in [0.2, 0.25) is 0 Å². The third-order valence-corrected chi connectivity index (χ3v) is 6.09. The van der Waals surface area contributed by atoms with Crippen LogP contribution in [0.5, 0.6) is 0 Å². The second-order valence-corrected chi connectivity index (χ2v) is 7.83. The van der Waals surface area contributed by atoms with Crippen LogP contribution in [-0.2, 0) is 11.2 Å². The maximum absolute atomic E-state index is 13.2. The molecule has 1 unspecified atom stereocenters. The Labute approximate surface area is 154 Å². The Kier molecular flexibility index (Phi) is 5.75. The smallest absolute Gasteiger partial charge is 0.234 e. The molecule has 132 valence electrons. The van der Waals surface area contributed by atoms with Crippen LogP contribution in [0.1, 0.15) is 36.1 Å². The third kappa shape index (κ3) is 4.41. The summed E-state index contributed by atoms with van der Waals surface area (Å²) in [5.41, 5.74) is 1.61. The van der Waals surface area contributed by atoms with Gasteiger partial charge in [-0.05, 0) is 30.7 Å². The second kappa shape index (κ2) is 8.01. The number of benzene rings is 1. The van der Waals surface area contributed by atoms with Gasteiger partial charge in [-0.1, -0.05) is 19.9 Å². The van der Waals surface area contributed by atoms with Gasteiger partial charge in [-0.3, -0.25) is 9.79 Å². The zero-order valence-electron chi connectivity index (χ0n) is 14.1. The lowest BCUT2D eigenvalue weighted by atomic mass is 10.2. The van der Waals surface area contributed by atoms with Crippen molar-refractivity contribution in [3.05, 3.63) is 46.6 Å². The summed E-state index contributed by atoms with van der Waals surface area (Å²) in [5, 5.41) is 7.15. The first-order valence-corrected chi connectivity index (χ1v) is 10.1. The first-order valence-electron chi connectivity index (χ1n) is 8.22. The lowest BCUT2D eigenvalue weighted by Crippen LogP contribution is -2.19. The van der Waals surface area contributed by atoms with E-state index in [-0.39, 0.29) is 22.9 Å². The van der Waals surface area contributed by atoms with Gasteiger partial charge in [-0.25, -0.2) is 4.39 Å². The van der Waals surface area contributed by atoms with E-state index in [1.807, 2.05) is 0 Å². The van der Waals surface area contributed by atoms with E-state index < -0.39 is 0 Å². The van der Waals surface area contributed by atoms with Gasteiger partial charge in [-0.2, -0.15) is 0 Å². The number of halogens is 1. The second-order valence-electron chi connectivity index (χ2n) is 5.63. The summed E-state index contributed by atoms with van der Waals surface area (Å²) in [7, 11) is 0. The third-order valence-electron chi connectivity index (χ3n) is 3.77. The van der Waals surface area contributed by atoms with Crippen molar-refractivity contribution in [2.24, 2.45) is 4.99 Å². The maximum Gasteiger partial charge on any atom is 0.234 e. The molecule has 0 aliphatic carbocycles. The number of thiophene rings is 1. The molecule has 25 heavy (non-hydrogen) atoms. The molecule has 0 spiro atoms. The fraction of sp³-hybridized carbons (Fsp3) is 0.333. The van der Waals surface area contributed by atoms with E-state index in [0.29, 0.717) is 5.69 Å². The molecule has 3 rings (SSSR count). The Morgan fingerprint density at radius 1 is 1.36 bits per heavy atom. The molecule has 1 aromatic heterocycles. The van der Waals surface area contributed by atoms with E-state index in [1.54, 1.807) is 23.5 Å². The van der Waals surface area contributed by atoms with E-state index in [9.17, 15) is 9.18 Å². The van der Waals surface area contributed by atoms with Crippen molar-refractivity contribution in [1.82, 2.24) is 0 Å². The molecule has 0 saturated carbocycles. The summed E-state index contributed by atoms with van der Waals surface area (Å²) in [6.07, 6.45) is 1.81. The number of fused-ring (bicyclic) bond motifs is 1. The van der Waals surface area contributed by atoms with Crippen molar-refractivity contribution in [3.63, 3.8) is 0 Å². The summed E-state index contributed by atoms with van der Waals surface area (Å²) in [6, 6.07) is 8.08. The molecule has 1 aliphatic rings. The number of hydrogen-bond acceptors (Lipinski definition) is 5. The zero-order chi connectivity index (χ0) is 17.8. The quantitative estimate of drug-likeness (QED) is 0.740. The van der Waals surface area contributed by atoms with Crippen LogP contribution >= 0.6 is 23.1 Å². The molecule has 2 heterocycles. The van der Waals surface area contributed by atoms with Crippen molar-refractivity contribution in [2.45, 2.75) is 32.1 Å². The van der Waals surface area contributed by atoms with Crippen LogP contribution in [0, 0.1) is 5.82 Å². The number of rotatable bonds is 6. The molecular formula is C18H20FN3OS2. The van der Waals surface area contributed by atoms with Crippen molar-refractivity contribution in [2.75, 3.05) is 16.4 Å². The molecule has 2 N–H and O–H groups in total. The molecule has 0 saturated heterocycles. The van der Waals surface area contributed by atoms with Gasteiger partial charge in [0.05, 0.1) is 5.75 Å². The minimum atomic E-state index is -0.365. The number of aliphatic imine (C=N–C) groups is 1. The number of carbonyl (C=O) groups excluding carboxylic acids is 1. The van der Waals surface area contributed by atoms with Crippen LogP contribution in [-0.4, -0.2) is 17.5 Å². The SMILES string of the molecule is CCC1=NC(SCC(=O)Nc2cccc(F)c2)c2cc(CC)sc2N1. The molecule has 0 bridgehead atoms. The molecule has 1 aliphatic heterocycles. The zero-order valence-corrected chi connectivity index (χ0v) is 15.8. The van der Waals surface area contributed by atoms with E-state index in [2.05, 4.69) is 30.5 Å². The number of hydrogen-bond donors (Lipinski definition) is 2. The van der Waals surface area contributed by atoms with Crippen molar-refractivity contribution in [1.29, 1.82) is 0 Å². The van der Waals surface area contributed by atoms with Crippen LogP contribution < -0.4 is 10.6 Å². The van der Waals surface area contributed by atoms with Gasteiger partial charge in [0.2, 0.25) is 5.91 Å². The number of amides is 1. The summed E-state index contributed by atoms with van der Waals surface area (Å²) in [5.74, 6) is 0.684. The molecular weight excluding hydrogens is 357 g/mol. The van der Waals surface area contributed by atoms with Gasteiger partial charge >= 0.3 is 0 Å². The minimum absolute atomic E-state index is 0.0824. The monoisotopic (exact) mass is 377 g/mol. The average Bonchev–Trinajstić information content (AvgIpc) is 3.02. The molecule has 7 heteroatoms. The highest BCUT2D eigenvalue weighted by molar-refractivity contribution is 8.00. The highest BCUT2D eigenvalue weighted by Crippen LogP contribution is 2.43. The first kappa shape index (κ1) is 17.9.